The van der Waals surface area contributed by atoms with E-state index in [4.69, 9.17) is 14.2 Å². The molecule has 0 heterocycles. The van der Waals surface area contributed by atoms with Gasteiger partial charge in [0.2, 0.25) is 0 Å². The summed E-state index contributed by atoms with van der Waals surface area (Å²) < 4.78 is 16.5. The van der Waals surface area contributed by atoms with E-state index in [1.54, 1.807) is 0 Å². The fraction of sp³-hybridized carbons (Fsp3) is 0.625. The molecule has 0 radical (unpaired) electrons. The molecule has 20 heavy (non-hydrogen) atoms. The molecule has 0 fully saturated rings. The van der Waals surface area contributed by atoms with Gasteiger partial charge in [0.15, 0.2) is 11.5 Å². The average molecular weight is 282 g/mol. The topological polar surface area (TPSA) is 47.9 Å². The maximum atomic E-state index is 10.2. The van der Waals surface area contributed by atoms with Gasteiger partial charge >= 0.3 is 0 Å². The molecule has 1 aromatic carbocycles. The summed E-state index contributed by atoms with van der Waals surface area (Å²) in [5.41, 5.74) is 0.831. The van der Waals surface area contributed by atoms with E-state index in [0.717, 1.165) is 18.6 Å². The van der Waals surface area contributed by atoms with Crippen LogP contribution in [0.15, 0.2) is 18.2 Å². The average Bonchev–Trinajstić information content (AvgIpc) is 2.45. The smallest absolute Gasteiger partial charge is 0.161 e. The molecule has 1 aromatic rings. The highest BCUT2D eigenvalue weighted by Gasteiger charge is 2.12. The first-order valence-corrected chi connectivity index (χ1v) is 7.38. The number of hydrogen-bond acceptors (Lipinski definition) is 4. The summed E-state index contributed by atoms with van der Waals surface area (Å²) in [5.74, 6) is 1.40. The van der Waals surface area contributed by atoms with Crippen LogP contribution in [0.5, 0.6) is 11.5 Å². The van der Waals surface area contributed by atoms with Crippen molar-refractivity contribution in [2.45, 2.75) is 39.7 Å². The SMILES string of the molecule is CCCOCCC(O)c1ccc(OCC)c(OCC)c1. The molecule has 0 saturated heterocycles. The van der Waals surface area contributed by atoms with Gasteiger partial charge in [0.25, 0.3) is 0 Å². The van der Waals surface area contributed by atoms with Crippen LogP contribution in [0.2, 0.25) is 0 Å². The van der Waals surface area contributed by atoms with Crippen LogP contribution in [-0.4, -0.2) is 31.5 Å². The first-order valence-electron chi connectivity index (χ1n) is 7.38. The summed E-state index contributed by atoms with van der Waals surface area (Å²) in [6.45, 7) is 8.39. The number of hydrogen-bond donors (Lipinski definition) is 1. The molecule has 4 nitrogen and oxygen atoms in total. The minimum absolute atomic E-state index is 0.540. The molecule has 0 saturated carbocycles. The molecule has 4 heteroatoms. The predicted molar refractivity (Wildman–Crippen MR) is 79.5 cm³/mol. The molecule has 0 spiro atoms. The summed E-state index contributed by atoms with van der Waals surface area (Å²) in [6.07, 6.45) is 1.04. The van der Waals surface area contributed by atoms with Crippen molar-refractivity contribution in [3.05, 3.63) is 23.8 Å². The summed E-state index contributed by atoms with van der Waals surface area (Å²) >= 11 is 0. The van der Waals surface area contributed by atoms with E-state index < -0.39 is 6.10 Å². The molecule has 1 rings (SSSR count). The van der Waals surface area contributed by atoms with Gasteiger partial charge in [-0.1, -0.05) is 13.0 Å². The molecule has 114 valence electrons. The fourth-order valence-electron chi connectivity index (χ4n) is 1.88. The third kappa shape index (κ3) is 5.39. The van der Waals surface area contributed by atoms with E-state index >= 15 is 0 Å². The van der Waals surface area contributed by atoms with Crippen LogP contribution in [0.4, 0.5) is 0 Å². The Hall–Kier alpha value is -1.26. The van der Waals surface area contributed by atoms with Crippen molar-refractivity contribution in [3.63, 3.8) is 0 Å². The second-order valence-electron chi connectivity index (χ2n) is 4.49. The summed E-state index contributed by atoms with van der Waals surface area (Å²) in [5, 5.41) is 10.2. The van der Waals surface area contributed by atoms with Crippen LogP contribution in [0.3, 0.4) is 0 Å². The van der Waals surface area contributed by atoms with Crippen LogP contribution in [0.25, 0.3) is 0 Å². The van der Waals surface area contributed by atoms with Gasteiger partial charge in [0.1, 0.15) is 0 Å². The van der Waals surface area contributed by atoms with E-state index in [9.17, 15) is 5.11 Å². The summed E-state index contributed by atoms with van der Waals surface area (Å²) in [7, 11) is 0. The van der Waals surface area contributed by atoms with Crippen molar-refractivity contribution < 1.29 is 19.3 Å². The maximum Gasteiger partial charge on any atom is 0.161 e. The number of aliphatic hydroxyl groups is 1. The lowest BCUT2D eigenvalue weighted by Crippen LogP contribution is -2.05. The highest BCUT2D eigenvalue weighted by molar-refractivity contribution is 5.43. The first kappa shape index (κ1) is 16.8. The van der Waals surface area contributed by atoms with Gasteiger partial charge in [0.05, 0.1) is 19.3 Å². The Bertz CT molecular complexity index is 379. The highest BCUT2D eigenvalue weighted by Crippen LogP contribution is 2.31. The summed E-state index contributed by atoms with van der Waals surface area (Å²) in [6, 6.07) is 5.57. The van der Waals surface area contributed by atoms with Gasteiger partial charge in [-0.3, -0.25) is 0 Å². The van der Waals surface area contributed by atoms with Crippen molar-refractivity contribution >= 4 is 0 Å². The number of benzene rings is 1. The molecule has 0 aliphatic carbocycles. The molecule has 1 atom stereocenters. The molecule has 0 bridgehead atoms. The summed E-state index contributed by atoms with van der Waals surface area (Å²) in [4.78, 5) is 0. The minimum atomic E-state index is -0.540. The predicted octanol–water partition coefficient (Wildman–Crippen LogP) is 3.33. The Labute approximate surface area is 121 Å². The second kappa shape index (κ2) is 9.61. The van der Waals surface area contributed by atoms with E-state index in [1.165, 1.54) is 0 Å². The third-order valence-electron chi connectivity index (χ3n) is 2.84. The van der Waals surface area contributed by atoms with Crippen LogP contribution < -0.4 is 9.47 Å². The van der Waals surface area contributed by atoms with Crippen LogP contribution in [0, 0.1) is 0 Å². The Kier molecular flexibility index (Phi) is 8.07. The van der Waals surface area contributed by atoms with Crippen molar-refractivity contribution in [3.8, 4) is 11.5 Å². The number of aliphatic hydroxyl groups excluding tert-OH is 1. The van der Waals surface area contributed by atoms with Crippen LogP contribution in [-0.2, 0) is 4.74 Å². The molecular weight excluding hydrogens is 256 g/mol. The Morgan fingerprint density at radius 1 is 1.00 bits per heavy atom. The minimum Gasteiger partial charge on any atom is -0.490 e. The molecular formula is C16H26O4. The molecule has 0 aliphatic rings. The zero-order valence-electron chi connectivity index (χ0n) is 12.7. The largest absolute Gasteiger partial charge is 0.490 e. The van der Waals surface area contributed by atoms with Gasteiger partial charge < -0.3 is 19.3 Å². The van der Waals surface area contributed by atoms with Gasteiger partial charge in [-0.15, -0.1) is 0 Å². The number of rotatable bonds is 10. The quantitative estimate of drug-likeness (QED) is 0.669. The van der Waals surface area contributed by atoms with E-state index in [0.29, 0.717) is 37.7 Å². The maximum absolute atomic E-state index is 10.2. The first-order chi connectivity index (χ1) is 9.72. The van der Waals surface area contributed by atoms with Gasteiger partial charge in [-0.2, -0.15) is 0 Å². The van der Waals surface area contributed by atoms with Crippen molar-refractivity contribution in [1.82, 2.24) is 0 Å². The second-order valence-corrected chi connectivity index (χ2v) is 4.49. The molecule has 1 unspecified atom stereocenters. The number of ether oxygens (including phenoxy) is 3. The third-order valence-corrected chi connectivity index (χ3v) is 2.84. The zero-order valence-corrected chi connectivity index (χ0v) is 12.7. The lowest BCUT2D eigenvalue weighted by Gasteiger charge is -2.15. The Balaban J connectivity index is 2.66. The van der Waals surface area contributed by atoms with Gasteiger partial charge in [-0.05, 0) is 38.0 Å². The van der Waals surface area contributed by atoms with Crippen LogP contribution >= 0.6 is 0 Å². The van der Waals surface area contributed by atoms with E-state index in [2.05, 4.69) is 6.92 Å². The van der Waals surface area contributed by atoms with Crippen molar-refractivity contribution in [1.29, 1.82) is 0 Å². The molecule has 0 aromatic heterocycles. The lowest BCUT2D eigenvalue weighted by molar-refractivity contribution is 0.0820. The standard InChI is InChI=1S/C16H26O4/c1-4-10-18-11-9-14(17)13-7-8-15(19-5-2)16(12-13)20-6-3/h7-8,12,14,17H,4-6,9-11H2,1-3H3. The molecule has 1 N–H and O–H groups in total. The van der Waals surface area contributed by atoms with Crippen molar-refractivity contribution in [2.24, 2.45) is 0 Å². The zero-order chi connectivity index (χ0) is 14.8. The fourth-order valence-corrected chi connectivity index (χ4v) is 1.88. The van der Waals surface area contributed by atoms with E-state index in [-0.39, 0.29) is 0 Å². The van der Waals surface area contributed by atoms with Crippen LogP contribution in [0.1, 0.15) is 45.3 Å². The van der Waals surface area contributed by atoms with E-state index in [1.807, 2.05) is 32.0 Å². The lowest BCUT2D eigenvalue weighted by atomic mass is 10.1. The monoisotopic (exact) mass is 282 g/mol. The normalized spacial score (nSPS) is 12.2. The van der Waals surface area contributed by atoms with Gasteiger partial charge in [-0.25, -0.2) is 0 Å². The Morgan fingerprint density at radius 2 is 1.70 bits per heavy atom. The Morgan fingerprint density at radius 3 is 2.35 bits per heavy atom. The van der Waals surface area contributed by atoms with Gasteiger partial charge in [0, 0.05) is 19.6 Å². The highest BCUT2D eigenvalue weighted by atomic mass is 16.5. The molecule has 0 amide bonds. The molecule has 0 aliphatic heterocycles. The van der Waals surface area contributed by atoms with Crippen molar-refractivity contribution in [2.75, 3.05) is 26.4 Å².